The zero-order valence-corrected chi connectivity index (χ0v) is 13.2. The zero-order chi connectivity index (χ0) is 15.5. The quantitative estimate of drug-likeness (QED) is 0.660. The molecule has 1 aliphatic rings. The summed E-state index contributed by atoms with van der Waals surface area (Å²) in [4.78, 5) is 12.0. The van der Waals surface area contributed by atoms with Gasteiger partial charge in [0.15, 0.2) is 0 Å². The van der Waals surface area contributed by atoms with Crippen molar-refractivity contribution in [3.63, 3.8) is 0 Å². The zero-order valence-electron chi connectivity index (χ0n) is 11.7. The summed E-state index contributed by atoms with van der Waals surface area (Å²) in [6, 6.07) is 15.3. The Morgan fingerprint density at radius 3 is 2.68 bits per heavy atom. The van der Waals surface area contributed by atoms with Crippen molar-refractivity contribution in [3.8, 4) is 0 Å². The molecule has 2 aromatic carbocycles. The molecular weight excluding hydrogens is 319 g/mol. The van der Waals surface area contributed by atoms with Gasteiger partial charge in [0, 0.05) is 11.5 Å². The first-order valence-corrected chi connectivity index (χ1v) is 7.74. The molecule has 3 rings (SSSR count). The Labute approximate surface area is 138 Å². The van der Waals surface area contributed by atoms with Gasteiger partial charge in [-0.05, 0) is 24.0 Å². The van der Waals surface area contributed by atoms with E-state index >= 15 is 0 Å². The molecule has 0 saturated heterocycles. The molecule has 112 valence electrons. The first-order chi connectivity index (χ1) is 10.7. The molecule has 0 bridgehead atoms. The van der Waals surface area contributed by atoms with Gasteiger partial charge in [-0.15, -0.1) is 0 Å². The average molecular weight is 333 g/mol. The van der Waals surface area contributed by atoms with Gasteiger partial charge in [-0.1, -0.05) is 65.7 Å². The molecule has 0 aromatic heterocycles. The SMILES string of the molecule is O=C(NN=Cc1cccc(Cl)c1Cl)C1CC1c1ccccc1. The van der Waals surface area contributed by atoms with E-state index in [-0.39, 0.29) is 11.8 Å². The molecule has 1 N–H and O–H groups in total. The van der Waals surface area contributed by atoms with Gasteiger partial charge in [0.2, 0.25) is 5.91 Å². The number of benzene rings is 2. The summed E-state index contributed by atoms with van der Waals surface area (Å²) >= 11 is 12.0. The predicted molar refractivity (Wildman–Crippen MR) is 89.5 cm³/mol. The third kappa shape index (κ3) is 3.32. The number of rotatable bonds is 4. The van der Waals surface area contributed by atoms with Crippen LogP contribution >= 0.6 is 23.2 Å². The van der Waals surface area contributed by atoms with Gasteiger partial charge < -0.3 is 0 Å². The third-order valence-corrected chi connectivity index (χ3v) is 4.55. The lowest BCUT2D eigenvalue weighted by Crippen LogP contribution is -2.20. The van der Waals surface area contributed by atoms with E-state index in [0.29, 0.717) is 21.5 Å². The number of halogens is 2. The fourth-order valence-corrected chi connectivity index (χ4v) is 2.78. The minimum absolute atomic E-state index is 0.00520. The summed E-state index contributed by atoms with van der Waals surface area (Å²) in [6.45, 7) is 0. The van der Waals surface area contributed by atoms with Crippen LogP contribution in [0.5, 0.6) is 0 Å². The van der Waals surface area contributed by atoms with Crippen LogP contribution in [0.2, 0.25) is 10.0 Å². The Morgan fingerprint density at radius 1 is 1.14 bits per heavy atom. The highest BCUT2D eigenvalue weighted by Crippen LogP contribution is 2.47. The topological polar surface area (TPSA) is 41.5 Å². The number of hydrogen-bond donors (Lipinski definition) is 1. The summed E-state index contributed by atoms with van der Waals surface area (Å²) in [7, 11) is 0. The fraction of sp³-hybridized carbons (Fsp3) is 0.176. The van der Waals surface area contributed by atoms with E-state index in [9.17, 15) is 4.79 Å². The van der Waals surface area contributed by atoms with Crippen LogP contribution in [0.4, 0.5) is 0 Å². The molecule has 0 spiro atoms. The molecule has 3 nitrogen and oxygen atoms in total. The van der Waals surface area contributed by atoms with Gasteiger partial charge in [0.1, 0.15) is 0 Å². The molecule has 5 heteroatoms. The Morgan fingerprint density at radius 2 is 1.91 bits per heavy atom. The normalized spacial score (nSPS) is 20.1. The van der Waals surface area contributed by atoms with E-state index in [2.05, 4.69) is 10.5 Å². The first-order valence-electron chi connectivity index (χ1n) is 6.98. The molecule has 2 aromatic rings. The highest BCUT2D eigenvalue weighted by molar-refractivity contribution is 6.43. The largest absolute Gasteiger partial charge is 0.273 e. The van der Waals surface area contributed by atoms with Crippen LogP contribution in [-0.2, 0) is 4.79 Å². The van der Waals surface area contributed by atoms with Crippen LogP contribution in [0.3, 0.4) is 0 Å². The molecule has 0 radical (unpaired) electrons. The molecule has 1 aliphatic carbocycles. The number of carbonyl (C=O) groups excluding carboxylic acids is 1. The van der Waals surface area contributed by atoms with Crippen molar-refractivity contribution in [1.29, 1.82) is 0 Å². The Kier molecular flexibility index (Phi) is 4.46. The lowest BCUT2D eigenvalue weighted by atomic mass is 10.1. The molecule has 0 aliphatic heterocycles. The Balaban J connectivity index is 1.58. The van der Waals surface area contributed by atoms with E-state index in [1.165, 1.54) is 11.8 Å². The average Bonchev–Trinajstić information content (AvgIpc) is 3.33. The van der Waals surface area contributed by atoms with Gasteiger partial charge in [0.25, 0.3) is 0 Å². The van der Waals surface area contributed by atoms with Gasteiger partial charge in [0.05, 0.1) is 16.3 Å². The highest BCUT2D eigenvalue weighted by atomic mass is 35.5. The third-order valence-electron chi connectivity index (χ3n) is 3.71. The van der Waals surface area contributed by atoms with Crippen molar-refractivity contribution in [2.75, 3.05) is 0 Å². The first kappa shape index (κ1) is 15.1. The Bertz CT molecular complexity index is 716. The van der Waals surface area contributed by atoms with Crippen LogP contribution in [-0.4, -0.2) is 12.1 Å². The van der Waals surface area contributed by atoms with Gasteiger partial charge in [-0.3, -0.25) is 4.79 Å². The van der Waals surface area contributed by atoms with Crippen molar-refractivity contribution < 1.29 is 4.79 Å². The summed E-state index contributed by atoms with van der Waals surface area (Å²) in [5.41, 5.74) is 4.44. The lowest BCUT2D eigenvalue weighted by Gasteiger charge is -2.01. The maximum Gasteiger partial charge on any atom is 0.243 e. The number of carbonyl (C=O) groups is 1. The van der Waals surface area contributed by atoms with Crippen LogP contribution < -0.4 is 5.43 Å². The summed E-state index contributed by atoms with van der Waals surface area (Å²) in [6.07, 6.45) is 2.37. The second-order valence-electron chi connectivity index (χ2n) is 5.24. The van der Waals surface area contributed by atoms with E-state index in [1.807, 2.05) is 30.3 Å². The van der Waals surface area contributed by atoms with E-state index in [1.54, 1.807) is 18.2 Å². The minimum Gasteiger partial charge on any atom is -0.273 e. The van der Waals surface area contributed by atoms with Crippen molar-refractivity contribution in [2.24, 2.45) is 11.0 Å². The standard InChI is InChI=1S/C17H14Cl2N2O/c18-15-8-4-7-12(16(15)19)10-20-21-17(22)14-9-13(14)11-5-2-1-3-6-11/h1-8,10,13-14H,9H2,(H,21,22). The van der Waals surface area contributed by atoms with Gasteiger partial charge >= 0.3 is 0 Å². The van der Waals surface area contributed by atoms with Crippen molar-refractivity contribution >= 4 is 35.3 Å². The van der Waals surface area contributed by atoms with E-state index in [4.69, 9.17) is 23.2 Å². The molecule has 1 fully saturated rings. The highest BCUT2D eigenvalue weighted by Gasteiger charge is 2.43. The summed E-state index contributed by atoms with van der Waals surface area (Å²) in [5, 5.41) is 4.85. The maximum absolute atomic E-state index is 12.0. The lowest BCUT2D eigenvalue weighted by molar-refractivity contribution is -0.122. The second kappa shape index (κ2) is 6.51. The second-order valence-corrected chi connectivity index (χ2v) is 6.02. The smallest absolute Gasteiger partial charge is 0.243 e. The predicted octanol–water partition coefficient (Wildman–Crippen LogP) is 4.25. The van der Waals surface area contributed by atoms with Crippen LogP contribution in [0.15, 0.2) is 53.6 Å². The number of nitrogens with zero attached hydrogens (tertiary/aromatic N) is 1. The number of amides is 1. The van der Waals surface area contributed by atoms with Crippen LogP contribution in [0.25, 0.3) is 0 Å². The molecule has 2 atom stereocenters. The molecule has 22 heavy (non-hydrogen) atoms. The van der Waals surface area contributed by atoms with E-state index in [0.717, 1.165) is 6.42 Å². The van der Waals surface area contributed by atoms with E-state index < -0.39 is 0 Å². The molecule has 1 saturated carbocycles. The number of nitrogens with one attached hydrogen (secondary N) is 1. The summed E-state index contributed by atoms with van der Waals surface area (Å²) < 4.78 is 0. The molecule has 0 heterocycles. The monoisotopic (exact) mass is 332 g/mol. The fourth-order valence-electron chi connectivity index (χ4n) is 2.42. The minimum atomic E-state index is -0.0664. The van der Waals surface area contributed by atoms with Crippen molar-refractivity contribution in [3.05, 3.63) is 69.7 Å². The summed E-state index contributed by atoms with van der Waals surface area (Å²) in [5.74, 6) is 0.226. The van der Waals surface area contributed by atoms with Gasteiger partial charge in [-0.2, -0.15) is 5.10 Å². The van der Waals surface area contributed by atoms with Crippen LogP contribution in [0, 0.1) is 5.92 Å². The van der Waals surface area contributed by atoms with Gasteiger partial charge in [-0.25, -0.2) is 5.43 Å². The van der Waals surface area contributed by atoms with Crippen molar-refractivity contribution in [1.82, 2.24) is 5.43 Å². The molecule has 1 amide bonds. The number of hydrogen-bond acceptors (Lipinski definition) is 2. The molecule has 2 unspecified atom stereocenters. The molecular formula is C17H14Cl2N2O. The maximum atomic E-state index is 12.0. The number of hydrazone groups is 1. The van der Waals surface area contributed by atoms with Crippen molar-refractivity contribution in [2.45, 2.75) is 12.3 Å². The Hall–Kier alpha value is -1.84. The van der Waals surface area contributed by atoms with Crippen LogP contribution in [0.1, 0.15) is 23.5 Å².